The highest BCUT2D eigenvalue weighted by atomic mass is 32.2. The first-order valence-corrected chi connectivity index (χ1v) is 10.9. The van der Waals surface area contributed by atoms with Crippen molar-refractivity contribution in [3.8, 4) is 6.07 Å². The van der Waals surface area contributed by atoms with Gasteiger partial charge in [0.2, 0.25) is 11.8 Å². The van der Waals surface area contributed by atoms with Gasteiger partial charge in [-0.1, -0.05) is 39.5 Å². The summed E-state index contributed by atoms with van der Waals surface area (Å²) >= 11 is 2.75. The van der Waals surface area contributed by atoms with E-state index in [1.807, 2.05) is 6.92 Å². The Hall–Kier alpha value is -1.85. The van der Waals surface area contributed by atoms with Gasteiger partial charge in [-0.25, -0.2) is 0 Å². The second-order valence-electron chi connectivity index (χ2n) is 7.78. The Morgan fingerprint density at radius 2 is 2.22 bits per heavy atom. The molecular formula is C19H24N4O2S2. The van der Waals surface area contributed by atoms with Crippen LogP contribution in [0.3, 0.4) is 0 Å². The molecule has 0 unspecified atom stereocenters. The summed E-state index contributed by atoms with van der Waals surface area (Å²) in [6.45, 7) is 8.73. The number of nitrogens with zero attached hydrogens (tertiary/aromatic N) is 3. The van der Waals surface area contributed by atoms with E-state index < -0.39 is 0 Å². The van der Waals surface area contributed by atoms with E-state index in [0.717, 1.165) is 24.8 Å². The summed E-state index contributed by atoms with van der Waals surface area (Å²) in [7, 11) is 0. The zero-order chi connectivity index (χ0) is 19.6. The molecule has 2 heterocycles. The molecule has 2 aromatic heterocycles. The highest BCUT2D eigenvalue weighted by molar-refractivity contribution is 7.99. The van der Waals surface area contributed by atoms with Gasteiger partial charge in [0, 0.05) is 11.3 Å². The number of carbonyl (C=O) groups excluding carboxylic acids is 1. The van der Waals surface area contributed by atoms with E-state index in [9.17, 15) is 10.1 Å². The number of hydrogen-bond acceptors (Lipinski definition) is 7. The molecule has 8 heteroatoms. The fourth-order valence-corrected chi connectivity index (χ4v) is 5.14. The molecule has 0 aromatic carbocycles. The Morgan fingerprint density at radius 1 is 1.44 bits per heavy atom. The normalized spacial score (nSPS) is 16.6. The molecule has 6 nitrogen and oxygen atoms in total. The van der Waals surface area contributed by atoms with E-state index in [4.69, 9.17) is 4.42 Å². The molecule has 0 bridgehead atoms. The van der Waals surface area contributed by atoms with Crippen LogP contribution in [-0.2, 0) is 24.1 Å². The molecule has 3 rings (SSSR count). The van der Waals surface area contributed by atoms with E-state index in [-0.39, 0.29) is 17.1 Å². The monoisotopic (exact) mass is 404 g/mol. The Labute approximate surface area is 167 Å². The average molecular weight is 405 g/mol. The SMILES string of the molecule is CCc1nnc(SCC(=O)Nc2sc3c(c2C#N)CC[C@@H](C(C)(C)C)C3)o1. The maximum Gasteiger partial charge on any atom is 0.277 e. The number of thiophene rings is 1. The lowest BCUT2D eigenvalue weighted by Crippen LogP contribution is -2.26. The largest absolute Gasteiger partial charge is 0.416 e. The zero-order valence-corrected chi connectivity index (χ0v) is 17.7. The number of fused-ring (bicyclic) bond motifs is 1. The zero-order valence-electron chi connectivity index (χ0n) is 16.1. The summed E-state index contributed by atoms with van der Waals surface area (Å²) in [4.78, 5) is 13.6. The Balaban J connectivity index is 1.67. The second kappa shape index (κ2) is 8.03. The quantitative estimate of drug-likeness (QED) is 0.740. The van der Waals surface area contributed by atoms with Gasteiger partial charge >= 0.3 is 0 Å². The molecule has 0 saturated carbocycles. The molecule has 2 aromatic rings. The van der Waals surface area contributed by atoms with Gasteiger partial charge in [0.25, 0.3) is 5.22 Å². The van der Waals surface area contributed by atoms with Crippen molar-refractivity contribution < 1.29 is 9.21 Å². The summed E-state index contributed by atoms with van der Waals surface area (Å²) in [5, 5.41) is 21.4. The van der Waals surface area contributed by atoms with Crippen LogP contribution in [0.25, 0.3) is 0 Å². The number of nitriles is 1. The van der Waals surface area contributed by atoms with Crippen molar-refractivity contribution in [1.82, 2.24) is 10.2 Å². The predicted molar refractivity (Wildman–Crippen MR) is 107 cm³/mol. The van der Waals surface area contributed by atoms with Crippen molar-refractivity contribution in [2.24, 2.45) is 11.3 Å². The standard InChI is InChI=1S/C19H24N4O2S2/c1-5-16-22-23-18(25-16)26-10-15(24)21-17-13(9-20)12-7-6-11(19(2,3)4)8-14(12)27-17/h11H,5-8,10H2,1-4H3,(H,21,24)/t11-/m1/s1. The Morgan fingerprint density at radius 3 is 2.85 bits per heavy atom. The lowest BCUT2D eigenvalue weighted by molar-refractivity contribution is -0.113. The van der Waals surface area contributed by atoms with Gasteiger partial charge in [0.05, 0.1) is 11.3 Å². The first-order chi connectivity index (χ1) is 12.8. The van der Waals surface area contributed by atoms with Gasteiger partial charge in [0.15, 0.2) is 0 Å². The van der Waals surface area contributed by atoms with Crippen LogP contribution in [0.15, 0.2) is 9.64 Å². The van der Waals surface area contributed by atoms with E-state index in [2.05, 4.69) is 42.4 Å². The van der Waals surface area contributed by atoms with Crippen LogP contribution in [-0.4, -0.2) is 21.9 Å². The van der Waals surface area contributed by atoms with Gasteiger partial charge in [0.1, 0.15) is 11.1 Å². The third kappa shape index (κ3) is 4.53. The fourth-order valence-electron chi connectivity index (χ4n) is 3.26. The van der Waals surface area contributed by atoms with Crippen LogP contribution < -0.4 is 5.32 Å². The van der Waals surface area contributed by atoms with Crippen LogP contribution in [0, 0.1) is 22.7 Å². The second-order valence-corrected chi connectivity index (χ2v) is 9.81. The number of rotatable bonds is 5. The molecule has 1 amide bonds. The number of amides is 1. The maximum atomic E-state index is 12.3. The fraction of sp³-hybridized carbons (Fsp3) is 0.579. The van der Waals surface area contributed by atoms with Crippen molar-refractivity contribution in [3.63, 3.8) is 0 Å². The van der Waals surface area contributed by atoms with E-state index in [1.54, 1.807) is 11.3 Å². The smallest absolute Gasteiger partial charge is 0.277 e. The summed E-state index contributed by atoms with van der Waals surface area (Å²) in [6.07, 6.45) is 3.64. The van der Waals surface area contributed by atoms with Gasteiger partial charge in [-0.15, -0.1) is 21.5 Å². The minimum Gasteiger partial charge on any atom is -0.416 e. The van der Waals surface area contributed by atoms with Crippen molar-refractivity contribution in [2.75, 3.05) is 11.1 Å². The number of aryl methyl sites for hydroxylation is 1. The van der Waals surface area contributed by atoms with Gasteiger partial charge in [-0.3, -0.25) is 4.79 Å². The first kappa shape index (κ1) is 19.9. The Bertz CT molecular complexity index is 873. The molecule has 0 fully saturated rings. The maximum absolute atomic E-state index is 12.3. The molecule has 0 radical (unpaired) electrons. The molecule has 0 saturated heterocycles. The topological polar surface area (TPSA) is 91.8 Å². The van der Waals surface area contributed by atoms with Crippen LogP contribution in [0.5, 0.6) is 0 Å². The minimum atomic E-state index is -0.168. The van der Waals surface area contributed by atoms with Crippen LogP contribution in [0.4, 0.5) is 5.00 Å². The predicted octanol–water partition coefficient (Wildman–Crippen LogP) is 4.45. The van der Waals surface area contributed by atoms with Gasteiger partial charge < -0.3 is 9.73 Å². The van der Waals surface area contributed by atoms with E-state index >= 15 is 0 Å². The minimum absolute atomic E-state index is 0.168. The summed E-state index contributed by atoms with van der Waals surface area (Å²) in [5.74, 6) is 1.16. The molecule has 1 aliphatic carbocycles. The number of aromatic nitrogens is 2. The summed E-state index contributed by atoms with van der Waals surface area (Å²) in [5.41, 5.74) is 2.00. The highest BCUT2D eigenvalue weighted by Gasteiger charge is 2.32. The van der Waals surface area contributed by atoms with Gasteiger partial charge in [-0.05, 0) is 36.2 Å². The molecule has 0 aliphatic heterocycles. The number of carbonyl (C=O) groups is 1. The molecular weight excluding hydrogens is 380 g/mol. The Kier molecular flexibility index (Phi) is 5.92. The first-order valence-electron chi connectivity index (χ1n) is 9.11. The molecule has 1 aliphatic rings. The van der Waals surface area contributed by atoms with E-state index in [1.165, 1.54) is 16.6 Å². The third-order valence-corrected chi connectivity index (χ3v) is 6.92. The van der Waals surface area contributed by atoms with Crippen LogP contribution in [0.1, 0.15) is 56.0 Å². The van der Waals surface area contributed by atoms with Crippen molar-refractivity contribution in [2.45, 2.75) is 58.6 Å². The highest BCUT2D eigenvalue weighted by Crippen LogP contribution is 2.44. The molecule has 1 atom stereocenters. The lowest BCUT2D eigenvalue weighted by Gasteiger charge is -2.33. The van der Waals surface area contributed by atoms with E-state index in [0.29, 0.717) is 34.0 Å². The average Bonchev–Trinajstić information content (AvgIpc) is 3.22. The van der Waals surface area contributed by atoms with Crippen LogP contribution >= 0.6 is 23.1 Å². The number of anilines is 1. The molecule has 27 heavy (non-hydrogen) atoms. The number of thioether (sulfide) groups is 1. The lowest BCUT2D eigenvalue weighted by atomic mass is 9.72. The van der Waals surface area contributed by atoms with Crippen molar-refractivity contribution >= 4 is 34.0 Å². The molecule has 1 N–H and O–H groups in total. The van der Waals surface area contributed by atoms with Crippen molar-refractivity contribution in [1.29, 1.82) is 5.26 Å². The number of hydrogen-bond donors (Lipinski definition) is 1. The van der Waals surface area contributed by atoms with Crippen LogP contribution in [0.2, 0.25) is 0 Å². The van der Waals surface area contributed by atoms with Gasteiger partial charge in [-0.2, -0.15) is 5.26 Å². The summed E-state index contributed by atoms with van der Waals surface area (Å²) in [6, 6.07) is 2.30. The molecule has 144 valence electrons. The van der Waals surface area contributed by atoms with Crippen molar-refractivity contribution in [3.05, 3.63) is 21.9 Å². The third-order valence-electron chi connectivity index (χ3n) is 4.93. The number of nitrogens with one attached hydrogen (secondary N) is 1. The summed E-state index contributed by atoms with van der Waals surface area (Å²) < 4.78 is 5.40. The molecule has 0 spiro atoms.